The van der Waals surface area contributed by atoms with Gasteiger partial charge in [0.25, 0.3) is 11.6 Å². The molecule has 0 spiro atoms. The Morgan fingerprint density at radius 2 is 2.07 bits per heavy atom. The molecule has 11 nitrogen and oxygen atoms in total. The van der Waals surface area contributed by atoms with Gasteiger partial charge in [-0.3, -0.25) is 19.7 Å². The average Bonchev–Trinajstić information content (AvgIpc) is 3.34. The Kier molecular flexibility index (Phi) is 5.44. The molecule has 11 heteroatoms. The largest absolute Gasteiger partial charge is 0.467 e. The number of amides is 2. The molecule has 2 aromatic heterocycles. The molecular formula is C17H16N6O5. The summed E-state index contributed by atoms with van der Waals surface area (Å²) >= 11 is 0. The van der Waals surface area contributed by atoms with E-state index >= 15 is 0 Å². The number of furan rings is 1. The molecule has 2 N–H and O–H groups in total. The molecule has 2 heterocycles. The molecule has 144 valence electrons. The van der Waals surface area contributed by atoms with E-state index < -0.39 is 16.7 Å². The summed E-state index contributed by atoms with van der Waals surface area (Å²) in [7, 11) is 0. The molecule has 0 bridgehead atoms. The molecule has 1 aromatic carbocycles. The fraction of sp³-hybridized carbons (Fsp3) is 0.176. The van der Waals surface area contributed by atoms with E-state index in [2.05, 4.69) is 20.9 Å². The van der Waals surface area contributed by atoms with Gasteiger partial charge >= 0.3 is 0 Å². The van der Waals surface area contributed by atoms with Crippen molar-refractivity contribution in [1.29, 1.82) is 0 Å². The molecule has 0 aliphatic carbocycles. The van der Waals surface area contributed by atoms with Crippen LogP contribution >= 0.6 is 0 Å². The standard InChI is InChI=1S/C17H16N6O5/c1-11-16(17(25)19-10-15(24)18-9-14-6-3-7-28-14)20-21-22(11)12-4-2-5-13(8-12)23(26)27/h2-8H,9-10H2,1H3,(H,18,24)(H,19,25). The third-order valence-electron chi connectivity index (χ3n) is 3.84. The first kappa shape index (κ1) is 18.8. The van der Waals surface area contributed by atoms with Crippen LogP contribution in [0.3, 0.4) is 0 Å². The summed E-state index contributed by atoms with van der Waals surface area (Å²) < 4.78 is 6.42. The summed E-state index contributed by atoms with van der Waals surface area (Å²) in [6.07, 6.45) is 1.50. The van der Waals surface area contributed by atoms with Gasteiger partial charge in [0, 0.05) is 12.1 Å². The SMILES string of the molecule is Cc1c(C(=O)NCC(=O)NCc2ccco2)nnn1-c1cccc([N+](=O)[O-])c1. The van der Waals surface area contributed by atoms with Gasteiger partial charge in [0.2, 0.25) is 5.91 Å². The summed E-state index contributed by atoms with van der Waals surface area (Å²) in [6.45, 7) is 1.57. The predicted molar refractivity (Wildman–Crippen MR) is 95.6 cm³/mol. The first-order valence-electron chi connectivity index (χ1n) is 8.20. The van der Waals surface area contributed by atoms with Gasteiger partial charge in [-0.2, -0.15) is 0 Å². The lowest BCUT2D eigenvalue weighted by atomic mass is 10.2. The maximum absolute atomic E-state index is 12.3. The van der Waals surface area contributed by atoms with Crippen molar-refractivity contribution in [1.82, 2.24) is 25.6 Å². The lowest BCUT2D eigenvalue weighted by molar-refractivity contribution is -0.384. The minimum Gasteiger partial charge on any atom is -0.467 e. The Morgan fingerprint density at radius 3 is 2.79 bits per heavy atom. The van der Waals surface area contributed by atoms with Crippen molar-refractivity contribution in [3.05, 3.63) is 69.9 Å². The second-order valence-corrected chi connectivity index (χ2v) is 5.75. The van der Waals surface area contributed by atoms with Crippen molar-refractivity contribution in [2.75, 3.05) is 6.54 Å². The van der Waals surface area contributed by atoms with Crippen LogP contribution in [0.4, 0.5) is 5.69 Å². The van der Waals surface area contributed by atoms with Crippen molar-refractivity contribution in [3.8, 4) is 5.69 Å². The third-order valence-corrected chi connectivity index (χ3v) is 3.84. The molecule has 0 saturated carbocycles. The topological polar surface area (TPSA) is 145 Å². The van der Waals surface area contributed by atoms with E-state index in [9.17, 15) is 19.7 Å². The van der Waals surface area contributed by atoms with Crippen LogP contribution in [0.2, 0.25) is 0 Å². The zero-order valence-corrected chi connectivity index (χ0v) is 14.8. The lowest BCUT2D eigenvalue weighted by Gasteiger charge is -2.06. The minimum absolute atomic E-state index is 0.0188. The molecule has 0 atom stereocenters. The molecule has 0 radical (unpaired) electrons. The van der Waals surface area contributed by atoms with Gasteiger partial charge < -0.3 is 15.1 Å². The number of nitro groups is 1. The van der Waals surface area contributed by atoms with Gasteiger partial charge in [-0.25, -0.2) is 4.68 Å². The van der Waals surface area contributed by atoms with Gasteiger partial charge in [0.15, 0.2) is 5.69 Å². The highest BCUT2D eigenvalue weighted by atomic mass is 16.6. The summed E-state index contributed by atoms with van der Waals surface area (Å²) in [5, 5.41) is 23.7. The number of benzene rings is 1. The highest BCUT2D eigenvalue weighted by Crippen LogP contribution is 2.18. The van der Waals surface area contributed by atoms with Crippen molar-refractivity contribution < 1.29 is 18.9 Å². The Labute approximate surface area is 158 Å². The molecule has 0 aliphatic heterocycles. The molecular weight excluding hydrogens is 368 g/mol. The number of rotatable bonds is 7. The summed E-state index contributed by atoms with van der Waals surface area (Å²) in [5.74, 6) is -0.383. The fourth-order valence-electron chi connectivity index (χ4n) is 2.43. The maximum atomic E-state index is 12.3. The second kappa shape index (κ2) is 8.12. The molecule has 3 aromatic rings. The quantitative estimate of drug-likeness (QED) is 0.458. The minimum atomic E-state index is -0.581. The molecule has 2 amide bonds. The van der Waals surface area contributed by atoms with Crippen molar-refractivity contribution in [2.45, 2.75) is 13.5 Å². The number of nitrogens with zero attached hydrogens (tertiary/aromatic N) is 4. The number of nitrogens with one attached hydrogen (secondary N) is 2. The first-order valence-corrected chi connectivity index (χ1v) is 8.20. The summed E-state index contributed by atoms with van der Waals surface area (Å²) in [4.78, 5) is 34.5. The Balaban J connectivity index is 1.62. The number of nitro benzene ring substituents is 1. The van der Waals surface area contributed by atoms with Crippen LogP contribution in [0, 0.1) is 17.0 Å². The van der Waals surface area contributed by atoms with E-state index in [4.69, 9.17) is 4.42 Å². The Hall–Kier alpha value is -4.02. The number of carbonyl (C=O) groups is 2. The van der Waals surface area contributed by atoms with Crippen LogP contribution in [-0.4, -0.2) is 38.3 Å². The average molecular weight is 384 g/mol. The smallest absolute Gasteiger partial charge is 0.274 e. The highest BCUT2D eigenvalue weighted by Gasteiger charge is 2.19. The summed E-state index contributed by atoms with van der Waals surface area (Å²) in [6, 6.07) is 9.22. The second-order valence-electron chi connectivity index (χ2n) is 5.75. The number of carbonyl (C=O) groups excluding carboxylic acids is 2. The van der Waals surface area contributed by atoms with E-state index in [0.717, 1.165) is 0 Å². The highest BCUT2D eigenvalue weighted by molar-refractivity contribution is 5.95. The first-order chi connectivity index (χ1) is 13.5. The number of aromatic nitrogens is 3. The number of hydrogen-bond donors (Lipinski definition) is 2. The number of hydrogen-bond acceptors (Lipinski definition) is 7. The van der Waals surface area contributed by atoms with Crippen LogP contribution in [-0.2, 0) is 11.3 Å². The zero-order valence-electron chi connectivity index (χ0n) is 14.8. The normalized spacial score (nSPS) is 10.5. The van der Waals surface area contributed by atoms with Crippen molar-refractivity contribution in [3.63, 3.8) is 0 Å². The Morgan fingerprint density at radius 1 is 1.25 bits per heavy atom. The number of non-ortho nitro benzene ring substituents is 1. The van der Waals surface area contributed by atoms with E-state index in [0.29, 0.717) is 17.1 Å². The fourth-order valence-corrected chi connectivity index (χ4v) is 2.43. The van der Waals surface area contributed by atoms with Crippen LogP contribution in [0.15, 0.2) is 47.1 Å². The van der Waals surface area contributed by atoms with E-state index in [1.165, 1.54) is 29.1 Å². The Bertz CT molecular complexity index is 1010. The molecule has 3 rings (SSSR count). The van der Waals surface area contributed by atoms with Gasteiger partial charge in [0.1, 0.15) is 5.76 Å². The van der Waals surface area contributed by atoms with Gasteiger partial charge in [-0.1, -0.05) is 11.3 Å². The predicted octanol–water partition coefficient (Wildman–Crippen LogP) is 1.12. The third kappa shape index (κ3) is 4.20. The van der Waals surface area contributed by atoms with Crippen LogP contribution < -0.4 is 10.6 Å². The van der Waals surface area contributed by atoms with Crippen molar-refractivity contribution in [2.24, 2.45) is 0 Å². The summed E-state index contributed by atoms with van der Waals surface area (Å²) in [5.41, 5.74) is 0.695. The molecule has 28 heavy (non-hydrogen) atoms. The molecule has 0 saturated heterocycles. The van der Waals surface area contributed by atoms with Crippen LogP contribution in [0.1, 0.15) is 21.9 Å². The van der Waals surface area contributed by atoms with E-state index in [1.807, 2.05) is 0 Å². The van der Waals surface area contributed by atoms with Gasteiger partial charge in [0.05, 0.1) is 35.7 Å². The monoisotopic (exact) mass is 384 g/mol. The van der Waals surface area contributed by atoms with Crippen molar-refractivity contribution >= 4 is 17.5 Å². The lowest BCUT2D eigenvalue weighted by Crippen LogP contribution is -2.37. The van der Waals surface area contributed by atoms with Crippen LogP contribution in [0.5, 0.6) is 0 Å². The van der Waals surface area contributed by atoms with E-state index in [1.54, 1.807) is 25.1 Å². The maximum Gasteiger partial charge on any atom is 0.274 e. The van der Waals surface area contributed by atoms with Crippen LogP contribution in [0.25, 0.3) is 5.69 Å². The molecule has 0 fully saturated rings. The molecule has 0 unspecified atom stereocenters. The van der Waals surface area contributed by atoms with Gasteiger partial charge in [-0.15, -0.1) is 5.10 Å². The van der Waals surface area contributed by atoms with Gasteiger partial charge in [-0.05, 0) is 25.1 Å². The van der Waals surface area contributed by atoms with E-state index in [-0.39, 0.29) is 24.5 Å². The zero-order chi connectivity index (χ0) is 20.1. The molecule has 0 aliphatic rings.